The zero-order valence-electron chi connectivity index (χ0n) is 16.4. The van der Waals surface area contributed by atoms with Gasteiger partial charge in [0.1, 0.15) is 0 Å². The van der Waals surface area contributed by atoms with Gasteiger partial charge in [-0.1, -0.05) is 35.9 Å². The Morgan fingerprint density at radius 1 is 1.30 bits per heavy atom. The van der Waals surface area contributed by atoms with Gasteiger partial charge in [-0.25, -0.2) is 0 Å². The lowest BCUT2D eigenvalue weighted by molar-refractivity contribution is 0.221. The molecule has 0 aromatic heterocycles. The Morgan fingerprint density at radius 3 is 2.67 bits per heavy atom. The Labute approximate surface area is 185 Å². The molecular weight excluding hydrogens is 471 g/mol. The highest BCUT2D eigenvalue weighted by molar-refractivity contribution is 14.0. The molecule has 2 N–H and O–H groups in total. The summed E-state index contributed by atoms with van der Waals surface area (Å²) in [5.74, 6) is 1.50. The van der Waals surface area contributed by atoms with Crippen molar-refractivity contribution in [2.24, 2.45) is 4.99 Å². The van der Waals surface area contributed by atoms with Gasteiger partial charge < -0.3 is 10.6 Å². The zero-order valence-corrected chi connectivity index (χ0v) is 19.5. The topological polar surface area (TPSA) is 39.7 Å². The molecule has 1 heterocycles. The molecule has 0 radical (unpaired) electrons. The first-order valence-corrected chi connectivity index (χ1v) is 10.1. The van der Waals surface area contributed by atoms with Gasteiger partial charge in [-0.15, -0.1) is 24.0 Å². The predicted molar refractivity (Wildman–Crippen MR) is 127 cm³/mol. The molecule has 0 bridgehead atoms. The van der Waals surface area contributed by atoms with Gasteiger partial charge in [0.25, 0.3) is 0 Å². The van der Waals surface area contributed by atoms with Crippen LogP contribution in [0.4, 0.5) is 0 Å². The summed E-state index contributed by atoms with van der Waals surface area (Å²) in [5.41, 5.74) is 2.56. The first-order valence-electron chi connectivity index (χ1n) is 9.75. The fourth-order valence-electron chi connectivity index (χ4n) is 3.74. The number of aliphatic imine (C=N–C) groups is 1. The van der Waals surface area contributed by atoms with E-state index in [1.54, 1.807) is 0 Å². The molecule has 1 saturated heterocycles. The molecule has 1 saturated carbocycles. The number of hydrogen-bond acceptors (Lipinski definition) is 2. The maximum atomic E-state index is 6.13. The van der Waals surface area contributed by atoms with Crippen LogP contribution in [-0.2, 0) is 0 Å². The van der Waals surface area contributed by atoms with Crippen LogP contribution >= 0.6 is 35.6 Å². The van der Waals surface area contributed by atoms with E-state index in [-0.39, 0.29) is 24.0 Å². The maximum Gasteiger partial charge on any atom is 0.191 e. The van der Waals surface area contributed by atoms with Crippen molar-refractivity contribution >= 4 is 41.5 Å². The average molecular weight is 503 g/mol. The fraction of sp³-hybridized carbons (Fsp3) is 0.571. The quantitative estimate of drug-likeness (QED) is 0.262. The molecule has 2 aliphatic rings. The van der Waals surface area contributed by atoms with E-state index in [0.717, 1.165) is 56.4 Å². The summed E-state index contributed by atoms with van der Waals surface area (Å²) in [4.78, 5) is 7.14. The first kappa shape index (κ1) is 22.5. The minimum absolute atomic E-state index is 0. The highest BCUT2D eigenvalue weighted by Gasteiger charge is 2.39. The van der Waals surface area contributed by atoms with Crippen LogP contribution in [0.1, 0.15) is 44.6 Å². The summed E-state index contributed by atoms with van der Waals surface area (Å²) in [5, 5.41) is 8.08. The van der Waals surface area contributed by atoms with Gasteiger partial charge in [0.2, 0.25) is 0 Å². The molecule has 1 aromatic carbocycles. The number of hydrogen-bond donors (Lipinski definition) is 2. The molecule has 2 fully saturated rings. The monoisotopic (exact) mass is 502 g/mol. The lowest BCUT2D eigenvalue weighted by Crippen LogP contribution is -2.49. The van der Waals surface area contributed by atoms with E-state index in [1.807, 2.05) is 12.1 Å². The van der Waals surface area contributed by atoms with Crippen molar-refractivity contribution in [2.75, 3.05) is 26.2 Å². The van der Waals surface area contributed by atoms with Crippen molar-refractivity contribution in [3.63, 3.8) is 0 Å². The molecule has 1 aliphatic heterocycles. The smallest absolute Gasteiger partial charge is 0.191 e. The summed E-state index contributed by atoms with van der Waals surface area (Å²) >= 11 is 6.13. The number of piperidine rings is 1. The van der Waals surface area contributed by atoms with Crippen LogP contribution in [0.5, 0.6) is 0 Å². The molecule has 2 atom stereocenters. The summed E-state index contributed by atoms with van der Waals surface area (Å²) in [6.07, 6.45) is 3.45. The van der Waals surface area contributed by atoms with Crippen LogP contribution in [0.2, 0.25) is 5.02 Å². The SMILES string of the molecule is C=C(C)CN1CCC(NC(=NCC)NC2CC2c2cccc(Cl)c2)CC1.I. The highest BCUT2D eigenvalue weighted by atomic mass is 127. The fourth-order valence-corrected chi connectivity index (χ4v) is 3.94. The van der Waals surface area contributed by atoms with Crippen LogP contribution in [0, 0.1) is 0 Å². The van der Waals surface area contributed by atoms with Gasteiger partial charge in [-0.2, -0.15) is 0 Å². The molecule has 4 nitrogen and oxygen atoms in total. The van der Waals surface area contributed by atoms with Crippen LogP contribution in [0.25, 0.3) is 0 Å². The van der Waals surface area contributed by atoms with E-state index in [1.165, 1.54) is 11.1 Å². The van der Waals surface area contributed by atoms with Crippen LogP contribution in [0.15, 0.2) is 41.4 Å². The van der Waals surface area contributed by atoms with Crippen LogP contribution < -0.4 is 10.6 Å². The number of nitrogens with zero attached hydrogens (tertiary/aromatic N) is 2. The Hall–Kier alpha value is -0.790. The van der Waals surface area contributed by atoms with Gasteiger partial charge in [-0.3, -0.25) is 9.89 Å². The summed E-state index contributed by atoms with van der Waals surface area (Å²) in [6.45, 7) is 12.3. The summed E-state index contributed by atoms with van der Waals surface area (Å²) < 4.78 is 0. The molecule has 6 heteroatoms. The van der Waals surface area contributed by atoms with E-state index in [2.05, 4.69) is 53.1 Å². The number of guanidine groups is 1. The first-order chi connectivity index (χ1) is 12.5. The third kappa shape index (κ3) is 6.95. The average Bonchev–Trinajstić information content (AvgIpc) is 3.35. The third-order valence-electron chi connectivity index (χ3n) is 5.13. The Morgan fingerprint density at radius 2 is 2.04 bits per heavy atom. The summed E-state index contributed by atoms with van der Waals surface area (Å²) in [6, 6.07) is 9.16. The molecule has 2 unspecified atom stereocenters. The van der Waals surface area contributed by atoms with Gasteiger partial charge in [0.15, 0.2) is 5.96 Å². The molecular formula is C21H32ClIN4. The van der Waals surface area contributed by atoms with Crippen molar-refractivity contribution < 1.29 is 0 Å². The van der Waals surface area contributed by atoms with Gasteiger partial charge >= 0.3 is 0 Å². The number of nitrogens with one attached hydrogen (secondary N) is 2. The van der Waals surface area contributed by atoms with E-state index in [4.69, 9.17) is 11.6 Å². The molecule has 0 spiro atoms. The van der Waals surface area contributed by atoms with Crippen molar-refractivity contribution in [3.8, 4) is 0 Å². The van der Waals surface area contributed by atoms with E-state index >= 15 is 0 Å². The Kier molecular flexibility index (Phi) is 8.89. The zero-order chi connectivity index (χ0) is 18.5. The molecule has 3 rings (SSSR count). The van der Waals surface area contributed by atoms with E-state index in [0.29, 0.717) is 18.0 Å². The summed E-state index contributed by atoms with van der Waals surface area (Å²) in [7, 11) is 0. The third-order valence-corrected chi connectivity index (χ3v) is 5.36. The second kappa shape index (κ2) is 10.7. The second-order valence-corrected chi connectivity index (χ2v) is 8.06. The Balaban J connectivity index is 0.00000261. The van der Waals surface area contributed by atoms with Crippen molar-refractivity contribution in [1.82, 2.24) is 15.5 Å². The minimum Gasteiger partial charge on any atom is -0.354 e. The molecule has 150 valence electrons. The standard InChI is InChI=1S/C21H31ClN4.HI/c1-4-23-21(24-18-8-10-26(11-9-18)14-15(2)3)25-20-13-19(20)16-6-5-7-17(22)12-16;/h5-7,12,18-20H,2,4,8-11,13-14H2,1,3H3,(H2,23,24,25);1H. The normalized spacial score (nSPS) is 23.4. The lowest BCUT2D eigenvalue weighted by Gasteiger charge is -2.33. The number of benzene rings is 1. The number of rotatable bonds is 6. The molecule has 1 aromatic rings. The van der Waals surface area contributed by atoms with Crippen LogP contribution in [-0.4, -0.2) is 49.1 Å². The van der Waals surface area contributed by atoms with Gasteiger partial charge in [-0.05, 0) is 50.8 Å². The minimum atomic E-state index is 0. The number of likely N-dealkylation sites (tertiary alicyclic amines) is 1. The number of halogens is 2. The van der Waals surface area contributed by atoms with E-state index < -0.39 is 0 Å². The van der Waals surface area contributed by atoms with Gasteiger partial charge in [0.05, 0.1) is 0 Å². The highest BCUT2D eigenvalue weighted by Crippen LogP contribution is 2.41. The largest absolute Gasteiger partial charge is 0.354 e. The molecule has 27 heavy (non-hydrogen) atoms. The molecule has 0 amide bonds. The second-order valence-electron chi connectivity index (χ2n) is 7.62. The Bertz CT molecular complexity index is 655. The van der Waals surface area contributed by atoms with E-state index in [9.17, 15) is 0 Å². The van der Waals surface area contributed by atoms with Crippen molar-refractivity contribution in [3.05, 3.63) is 47.0 Å². The van der Waals surface area contributed by atoms with Crippen LogP contribution in [0.3, 0.4) is 0 Å². The van der Waals surface area contributed by atoms with Crippen molar-refractivity contribution in [1.29, 1.82) is 0 Å². The van der Waals surface area contributed by atoms with Gasteiger partial charge in [0, 0.05) is 49.2 Å². The van der Waals surface area contributed by atoms with Crippen molar-refractivity contribution in [2.45, 2.75) is 51.1 Å². The molecule has 1 aliphatic carbocycles. The maximum absolute atomic E-state index is 6.13. The predicted octanol–water partition coefficient (Wildman–Crippen LogP) is 4.41. The lowest BCUT2D eigenvalue weighted by atomic mass is 10.0.